The first-order valence-electron chi connectivity index (χ1n) is 4.84. The third-order valence-electron chi connectivity index (χ3n) is 2.56. The Kier molecular flexibility index (Phi) is 2.54. The Bertz CT molecular complexity index is 333. The zero-order valence-corrected chi connectivity index (χ0v) is 8.03. The highest BCUT2D eigenvalue weighted by molar-refractivity contribution is 5.77. The lowest BCUT2D eigenvalue weighted by Gasteiger charge is -2.14. The standard InChI is InChI=1S/C10H14N2O2/c11-6-8-3-5-14-9(8)7-12-4-1-2-10(12)13/h3,5H,1-2,4,6-7,11H2. The molecule has 0 aromatic carbocycles. The van der Waals surface area contributed by atoms with E-state index in [2.05, 4.69) is 0 Å². The molecule has 0 atom stereocenters. The number of nitrogens with two attached hydrogens (primary N) is 1. The maximum absolute atomic E-state index is 11.4. The minimum atomic E-state index is 0.212. The van der Waals surface area contributed by atoms with Crippen molar-refractivity contribution < 1.29 is 9.21 Å². The van der Waals surface area contributed by atoms with Gasteiger partial charge in [0.15, 0.2) is 0 Å². The smallest absolute Gasteiger partial charge is 0.223 e. The molecular weight excluding hydrogens is 180 g/mol. The zero-order valence-electron chi connectivity index (χ0n) is 8.03. The van der Waals surface area contributed by atoms with E-state index < -0.39 is 0 Å². The lowest BCUT2D eigenvalue weighted by Crippen LogP contribution is -2.24. The van der Waals surface area contributed by atoms with Gasteiger partial charge >= 0.3 is 0 Å². The highest BCUT2D eigenvalue weighted by atomic mass is 16.3. The number of furan rings is 1. The summed E-state index contributed by atoms with van der Waals surface area (Å²) in [6, 6.07) is 1.86. The first-order valence-corrected chi connectivity index (χ1v) is 4.84. The summed E-state index contributed by atoms with van der Waals surface area (Å²) in [6.07, 6.45) is 3.24. The maximum atomic E-state index is 11.4. The molecule has 1 aliphatic rings. The first-order chi connectivity index (χ1) is 6.81. The molecule has 4 heteroatoms. The molecule has 1 fully saturated rings. The molecule has 0 unspecified atom stereocenters. The Labute approximate surface area is 82.7 Å². The van der Waals surface area contributed by atoms with Crippen LogP contribution in [0.15, 0.2) is 16.7 Å². The maximum Gasteiger partial charge on any atom is 0.223 e. The molecule has 1 saturated heterocycles. The third-order valence-corrected chi connectivity index (χ3v) is 2.56. The molecule has 0 saturated carbocycles. The van der Waals surface area contributed by atoms with Crippen LogP contribution in [0.25, 0.3) is 0 Å². The number of nitrogens with zero attached hydrogens (tertiary/aromatic N) is 1. The summed E-state index contributed by atoms with van der Waals surface area (Å²) in [5, 5.41) is 0. The monoisotopic (exact) mass is 194 g/mol. The molecule has 1 aliphatic heterocycles. The minimum Gasteiger partial charge on any atom is -0.467 e. The molecule has 1 aromatic rings. The molecule has 0 aliphatic carbocycles. The van der Waals surface area contributed by atoms with Crippen LogP contribution in [-0.2, 0) is 17.9 Å². The summed E-state index contributed by atoms with van der Waals surface area (Å²) >= 11 is 0. The van der Waals surface area contributed by atoms with Gasteiger partial charge in [0.25, 0.3) is 0 Å². The van der Waals surface area contributed by atoms with E-state index in [0.717, 1.165) is 24.3 Å². The summed E-state index contributed by atoms with van der Waals surface area (Å²) in [6.45, 7) is 1.87. The average molecular weight is 194 g/mol. The van der Waals surface area contributed by atoms with Gasteiger partial charge in [-0.15, -0.1) is 0 Å². The highest BCUT2D eigenvalue weighted by Gasteiger charge is 2.21. The van der Waals surface area contributed by atoms with Crippen LogP contribution >= 0.6 is 0 Å². The number of likely N-dealkylation sites (tertiary alicyclic amines) is 1. The van der Waals surface area contributed by atoms with E-state index in [4.69, 9.17) is 10.2 Å². The van der Waals surface area contributed by atoms with Gasteiger partial charge in [-0.05, 0) is 12.5 Å². The second kappa shape index (κ2) is 3.84. The number of carbonyl (C=O) groups excluding carboxylic acids is 1. The number of rotatable bonds is 3. The van der Waals surface area contributed by atoms with Gasteiger partial charge in [-0.3, -0.25) is 4.79 Å². The SMILES string of the molecule is NCc1ccoc1CN1CCCC1=O. The molecule has 1 amide bonds. The van der Waals surface area contributed by atoms with E-state index in [1.165, 1.54) is 0 Å². The number of hydrogen-bond acceptors (Lipinski definition) is 3. The van der Waals surface area contributed by atoms with Crippen molar-refractivity contribution in [3.8, 4) is 0 Å². The van der Waals surface area contributed by atoms with Crippen LogP contribution in [0.1, 0.15) is 24.2 Å². The third kappa shape index (κ3) is 1.65. The molecule has 2 rings (SSSR count). The molecule has 0 bridgehead atoms. The van der Waals surface area contributed by atoms with Crippen LogP contribution in [0.3, 0.4) is 0 Å². The molecule has 1 aromatic heterocycles. The normalized spacial score (nSPS) is 16.6. The van der Waals surface area contributed by atoms with E-state index >= 15 is 0 Å². The van der Waals surface area contributed by atoms with Crippen molar-refractivity contribution in [2.75, 3.05) is 6.54 Å². The van der Waals surface area contributed by atoms with E-state index in [9.17, 15) is 4.79 Å². The van der Waals surface area contributed by atoms with Crippen molar-refractivity contribution in [1.29, 1.82) is 0 Å². The van der Waals surface area contributed by atoms with Gasteiger partial charge in [0, 0.05) is 25.1 Å². The van der Waals surface area contributed by atoms with Crippen LogP contribution < -0.4 is 5.73 Å². The van der Waals surface area contributed by atoms with Crippen LogP contribution in [0.2, 0.25) is 0 Å². The summed E-state index contributed by atoms with van der Waals surface area (Å²) in [7, 11) is 0. The Balaban J connectivity index is 2.06. The zero-order chi connectivity index (χ0) is 9.97. The van der Waals surface area contributed by atoms with Crippen molar-refractivity contribution in [3.05, 3.63) is 23.7 Å². The Morgan fingerprint density at radius 2 is 2.43 bits per heavy atom. The molecule has 4 nitrogen and oxygen atoms in total. The number of amides is 1. The van der Waals surface area contributed by atoms with Crippen LogP contribution in [-0.4, -0.2) is 17.4 Å². The Hall–Kier alpha value is -1.29. The number of carbonyl (C=O) groups is 1. The van der Waals surface area contributed by atoms with Gasteiger partial charge < -0.3 is 15.1 Å². The lowest BCUT2D eigenvalue weighted by atomic mass is 10.2. The van der Waals surface area contributed by atoms with Gasteiger partial charge in [-0.2, -0.15) is 0 Å². The summed E-state index contributed by atoms with van der Waals surface area (Å²) in [5.74, 6) is 1.03. The predicted octanol–water partition coefficient (Wildman–Crippen LogP) is 0.861. The first kappa shape index (κ1) is 9.27. The number of hydrogen-bond donors (Lipinski definition) is 1. The van der Waals surface area contributed by atoms with Crippen LogP contribution in [0.4, 0.5) is 0 Å². The van der Waals surface area contributed by atoms with Crippen molar-refractivity contribution in [1.82, 2.24) is 4.90 Å². The van der Waals surface area contributed by atoms with Crippen molar-refractivity contribution in [2.45, 2.75) is 25.9 Å². The fourth-order valence-electron chi connectivity index (χ4n) is 1.73. The van der Waals surface area contributed by atoms with Crippen molar-refractivity contribution in [2.24, 2.45) is 5.73 Å². The van der Waals surface area contributed by atoms with Crippen molar-refractivity contribution in [3.63, 3.8) is 0 Å². The average Bonchev–Trinajstić information content (AvgIpc) is 2.77. The Morgan fingerprint density at radius 1 is 1.57 bits per heavy atom. The molecule has 76 valence electrons. The van der Waals surface area contributed by atoms with Gasteiger partial charge in [0.2, 0.25) is 5.91 Å². The molecule has 0 radical (unpaired) electrons. The van der Waals surface area contributed by atoms with Gasteiger partial charge in [0.1, 0.15) is 5.76 Å². The summed E-state index contributed by atoms with van der Waals surface area (Å²) in [5.41, 5.74) is 6.53. The Morgan fingerprint density at radius 3 is 3.07 bits per heavy atom. The second-order valence-corrected chi connectivity index (χ2v) is 3.49. The quantitative estimate of drug-likeness (QED) is 0.776. The summed E-state index contributed by atoms with van der Waals surface area (Å²) in [4.78, 5) is 13.2. The molecule has 2 N–H and O–H groups in total. The van der Waals surface area contributed by atoms with Crippen LogP contribution in [0, 0.1) is 0 Å². The predicted molar refractivity (Wildman–Crippen MR) is 51.3 cm³/mol. The highest BCUT2D eigenvalue weighted by Crippen LogP contribution is 2.17. The molecule has 14 heavy (non-hydrogen) atoms. The fourth-order valence-corrected chi connectivity index (χ4v) is 1.73. The minimum absolute atomic E-state index is 0.212. The van der Waals surface area contributed by atoms with Crippen molar-refractivity contribution >= 4 is 5.91 Å². The molecular formula is C10H14N2O2. The topological polar surface area (TPSA) is 59.5 Å². The van der Waals surface area contributed by atoms with Gasteiger partial charge in [0.05, 0.1) is 12.8 Å². The molecule has 2 heterocycles. The van der Waals surface area contributed by atoms with Crippen LogP contribution in [0.5, 0.6) is 0 Å². The van der Waals surface area contributed by atoms with Gasteiger partial charge in [-0.25, -0.2) is 0 Å². The van der Waals surface area contributed by atoms with Gasteiger partial charge in [-0.1, -0.05) is 0 Å². The van der Waals surface area contributed by atoms with E-state index in [0.29, 0.717) is 19.5 Å². The summed E-state index contributed by atoms with van der Waals surface area (Å²) < 4.78 is 5.29. The molecule has 0 spiro atoms. The lowest BCUT2D eigenvalue weighted by molar-refractivity contribution is -0.128. The fraction of sp³-hybridized carbons (Fsp3) is 0.500. The van der Waals surface area contributed by atoms with E-state index in [-0.39, 0.29) is 5.91 Å². The second-order valence-electron chi connectivity index (χ2n) is 3.49. The van der Waals surface area contributed by atoms with E-state index in [1.807, 2.05) is 11.0 Å². The largest absolute Gasteiger partial charge is 0.467 e. The van der Waals surface area contributed by atoms with E-state index in [1.54, 1.807) is 6.26 Å².